The van der Waals surface area contributed by atoms with Gasteiger partial charge in [-0.2, -0.15) is 0 Å². The standard InChI is InChI=1S/C80H76O23Si/c1-80(2,3)104(70-18-14-12-15-19-70,71-20-16-13-17-21-71)103-69-29-53(47-97-63-25-49(43-99-65-35-55(72(81)89-4)31-56(36-65)73(82)90-5)22-50(26-63)44-100-66-37-57(74(83)91-6)32-58(38-66)75(84)92-7)24-54(30-69)48-98-64-27-51(45-101-67-39-59(76(85)93-8)33-60(40-67)77(86)94-9)23-52(28-64)46-102-68-41-61(78(87)95-10)34-62(42-68)79(88)96-11/h12-42H,43-48H2,1-11H3. The average molecular weight is 1430 g/mol. The Balaban J connectivity index is 1.12. The molecule has 9 rings (SSSR count). The summed E-state index contributed by atoms with van der Waals surface area (Å²) in [6.07, 6.45) is 0. The second-order valence-electron chi connectivity index (χ2n) is 24.4. The lowest BCUT2D eigenvalue weighted by atomic mass is 10.1. The molecule has 0 saturated carbocycles. The molecule has 0 N–H and O–H groups in total. The third kappa shape index (κ3) is 19.1. The number of hydrogen-bond acceptors (Lipinski definition) is 23. The van der Waals surface area contributed by atoms with Crippen molar-refractivity contribution in [1.29, 1.82) is 0 Å². The number of rotatable bonds is 30. The van der Waals surface area contributed by atoms with Crippen molar-refractivity contribution in [2.75, 3.05) is 56.9 Å². The summed E-state index contributed by atoms with van der Waals surface area (Å²) < 4.78 is 86.0. The Morgan fingerprint density at radius 2 is 0.433 bits per heavy atom. The van der Waals surface area contributed by atoms with Crippen molar-refractivity contribution in [2.24, 2.45) is 0 Å². The molecule has 0 aromatic heterocycles. The highest BCUT2D eigenvalue weighted by molar-refractivity contribution is 7.00. The zero-order valence-corrected chi connectivity index (χ0v) is 60.0. The van der Waals surface area contributed by atoms with Gasteiger partial charge in [-0.3, -0.25) is 0 Å². The molecular formula is C80H76O23Si. The molecule has 0 amide bonds. The molecule has 0 saturated heterocycles. The molecule has 0 bridgehead atoms. The SMILES string of the molecule is COC(=O)c1cc(OCc2cc(COc3cc(C(=O)OC)cc(C(=O)OC)c3)cc(OCc3cc(COc4cc(COc5cc(C(=O)OC)cc(C(=O)OC)c5)cc(COc5cc(C(=O)OC)cc(C(=O)OC)c5)c4)cc(O[Si](c4ccccc4)(c4ccccc4)C(C)(C)C)c3)c2)cc(C(=O)OC)c1. The zero-order valence-electron chi connectivity index (χ0n) is 59.0. The van der Waals surface area contributed by atoms with E-state index in [1.54, 1.807) is 36.4 Å². The number of esters is 8. The van der Waals surface area contributed by atoms with E-state index in [2.05, 4.69) is 45.0 Å². The second-order valence-corrected chi connectivity index (χ2v) is 28.6. The molecule has 9 aromatic rings. The van der Waals surface area contributed by atoms with Crippen LogP contribution in [0.1, 0.15) is 137 Å². The predicted molar refractivity (Wildman–Crippen MR) is 380 cm³/mol. The van der Waals surface area contributed by atoms with E-state index in [9.17, 15) is 38.4 Å². The van der Waals surface area contributed by atoms with Crippen LogP contribution in [-0.2, 0) is 77.5 Å². The van der Waals surface area contributed by atoms with E-state index in [1.807, 2.05) is 54.6 Å². The molecule has 0 aliphatic rings. The molecule has 24 heteroatoms. The van der Waals surface area contributed by atoms with Gasteiger partial charge in [-0.15, -0.1) is 0 Å². The van der Waals surface area contributed by atoms with Gasteiger partial charge in [-0.25, -0.2) is 38.4 Å². The third-order valence-corrected chi connectivity index (χ3v) is 21.1. The first kappa shape index (κ1) is 75.8. The van der Waals surface area contributed by atoms with Gasteiger partial charge in [-0.1, -0.05) is 81.4 Å². The summed E-state index contributed by atoms with van der Waals surface area (Å²) in [6, 6.07) is 53.2. The maximum absolute atomic E-state index is 12.8. The minimum atomic E-state index is -3.33. The third-order valence-electron chi connectivity index (χ3n) is 16.2. The van der Waals surface area contributed by atoms with Crippen LogP contribution in [0.3, 0.4) is 0 Å². The number of carbonyl (C=O) groups is 8. The summed E-state index contributed by atoms with van der Waals surface area (Å²) in [5.41, 5.74) is 3.73. The summed E-state index contributed by atoms with van der Waals surface area (Å²) in [6.45, 7) is 5.80. The molecule has 9 aromatic carbocycles. The van der Waals surface area contributed by atoms with E-state index in [4.69, 9.17) is 70.7 Å². The smallest absolute Gasteiger partial charge is 0.338 e. The average Bonchev–Trinajstić information content (AvgIpc) is 0.740. The minimum Gasteiger partial charge on any atom is -0.534 e. The van der Waals surface area contributed by atoms with Crippen molar-refractivity contribution in [2.45, 2.75) is 65.5 Å². The highest BCUT2D eigenvalue weighted by Gasteiger charge is 2.52. The van der Waals surface area contributed by atoms with E-state index in [1.165, 1.54) is 130 Å². The maximum atomic E-state index is 12.8. The van der Waals surface area contributed by atoms with Crippen LogP contribution in [0.25, 0.3) is 0 Å². The normalized spacial score (nSPS) is 11.0. The molecule has 23 nitrogen and oxygen atoms in total. The molecule has 0 spiro atoms. The van der Waals surface area contributed by atoms with Crippen LogP contribution >= 0.6 is 0 Å². The second kappa shape index (κ2) is 34.8. The Morgan fingerprint density at radius 3 is 0.615 bits per heavy atom. The molecular weight excluding hydrogens is 1360 g/mol. The lowest BCUT2D eigenvalue weighted by Gasteiger charge is -2.43. The van der Waals surface area contributed by atoms with Gasteiger partial charge < -0.3 is 70.7 Å². The molecule has 0 aliphatic carbocycles. The Kier molecular flexibility index (Phi) is 25.3. The monoisotopic (exact) mass is 1430 g/mol. The lowest BCUT2D eigenvalue weighted by Crippen LogP contribution is -2.68. The van der Waals surface area contributed by atoms with E-state index < -0.39 is 61.1 Å². The largest absolute Gasteiger partial charge is 0.534 e. The fourth-order valence-electron chi connectivity index (χ4n) is 11.4. The van der Waals surface area contributed by atoms with Crippen molar-refractivity contribution in [3.63, 3.8) is 0 Å². The van der Waals surface area contributed by atoms with E-state index in [-0.39, 0.29) is 107 Å². The number of benzene rings is 9. The Labute approximate surface area is 601 Å². The minimum absolute atomic E-state index is 0.0363. The van der Waals surface area contributed by atoms with Crippen LogP contribution in [0.15, 0.2) is 188 Å². The number of hydrogen-bond donors (Lipinski definition) is 0. The first-order valence-corrected chi connectivity index (χ1v) is 34.1. The predicted octanol–water partition coefficient (Wildman–Crippen LogP) is 12.4. The van der Waals surface area contributed by atoms with E-state index in [0.717, 1.165) is 10.4 Å². The Hall–Kier alpha value is -12.4. The van der Waals surface area contributed by atoms with Gasteiger partial charge in [0.15, 0.2) is 0 Å². The molecule has 0 aliphatic heterocycles. The maximum Gasteiger partial charge on any atom is 0.338 e. The quantitative estimate of drug-likeness (QED) is 0.0230. The fourth-order valence-corrected chi connectivity index (χ4v) is 15.8. The summed E-state index contributed by atoms with van der Waals surface area (Å²) in [7, 11) is 6.35. The van der Waals surface area contributed by atoms with Crippen LogP contribution in [0.5, 0.6) is 40.2 Å². The van der Waals surface area contributed by atoms with Gasteiger partial charge in [0.2, 0.25) is 0 Å². The molecule has 538 valence electrons. The van der Waals surface area contributed by atoms with Crippen molar-refractivity contribution >= 4 is 66.4 Å². The summed E-state index contributed by atoms with van der Waals surface area (Å²) in [5.74, 6) is -4.01. The van der Waals surface area contributed by atoms with E-state index >= 15 is 0 Å². The topological polar surface area (TPSA) is 275 Å². The van der Waals surface area contributed by atoms with Gasteiger partial charge in [0.1, 0.15) is 79.9 Å². The van der Waals surface area contributed by atoms with Crippen LogP contribution in [0.2, 0.25) is 5.04 Å². The van der Waals surface area contributed by atoms with Gasteiger partial charge in [0, 0.05) is 0 Å². The first-order chi connectivity index (χ1) is 50.0. The number of methoxy groups -OCH3 is 8. The highest BCUT2D eigenvalue weighted by Crippen LogP contribution is 2.39. The number of ether oxygens (including phenoxy) is 14. The zero-order chi connectivity index (χ0) is 74.7. The molecule has 104 heavy (non-hydrogen) atoms. The Bertz CT molecular complexity index is 4020. The molecule has 0 atom stereocenters. The Morgan fingerprint density at radius 1 is 0.250 bits per heavy atom. The molecule has 0 unspecified atom stereocenters. The van der Waals surface area contributed by atoms with Crippen LogP contribution in [0, 0.1) is 0 Å². The van der Waals surface area contributed by atoms with Crippen molar-refractivity contribution in [3.8, 4) is 40.2 Å². The van der Waals surface area contributed by atoms with Crippen molar-refractivity contribution in [1.82, 2.24) is 0 Å². The van der Waals surface area contributed by atoms with Crippen molar-refractivity contribution in [3.05, 3.63) is 266 Å². The van der Waals surface area contributed by atoms with Crippen LogP contribution < -0.4 is 43.2 Å². The molecule has 0 radical (unpaired) electrons. The van der Waals surface area contributed by atoms with Crippen LogP contribution in [-0.4, -0.2) is 113 Å². The molecule has 0 heterocycles. The van der Waals surface area contributed by atoms with Gasteiger partial charge in [-0.05, 0) is 176 Å². The van der Waals surface area contributed by atoms with Crippen molar-refractivity contribution < 1.29 is 109 Å². The fraction of sp³-hybridized carbons (Fsp3) is 0.225. The first-order valence-electron chi connectivity index (χ1n) is 32.2. The molecule has 0 fully saturated rings. The lowest BCUT2D eigenvalue weighted by molar-refractivity contribution is 0.0580. The number of carbonyl (C=O) groups excluding carboxylic acids is 8. The summed E-state index contributed by atoms with van der Waals surface area (Å²) in [4.78, 5) is 102. The summed E-state index contributed by atoms with van der Waals surface area (Å²) >= 11 is 0. The van der Waals surface area contributed by atoms with Gasteiger partial charge in [0.25, 0.3) is 0 Å². The van der Waals surface area contributed by atoms with Gasteiger partial charge in [0.05, 0.1) is 101 Å². The highest BCUT2D eigenvalue weighted by atomic mass is 28.4. The van der Waals surface area contributed by atoms with E-state index in [0.29, 0.717) is 50.6 Å². The summed E-state index contributed by atoms with van der Waals surface area (Å²) in [5, 5.41) is 1.54. The van der Waals surface area contributed by atoms with Gasteiger partial charge >= 0.3 is 56.1 Å². The van der Waals surface area contributed by atoms with Crippen LogP contribution in [0.4, 0.5) is 0 Å².